The van der Waals surface area contributed by atoms with Crippen LogP contribution >= 0.6 is 11.3 Å². The Bertz CT molecular complexity index is 519. The third-order valence-electron chi connectivity index (χ3n) is 2.83. The zero-order valence-electron chi connectivity index (χ0n) is 10.1. The predicted octanol–water partition coefficient (Wildman–Crippen LogP) is 3.02. The van der Waals surface area contributed by atoms with Crippen molar-refractivity contribution < 1.29 is 5.11 Å². The van der Waals surface area contributed by atoms with Crippen LogP contribution in [0.5, 0.6) is 0 Å². The molecular formula is C14H17NOS. The molecule has 3 heteroatoms. The second-order valence-corrected chi connectivity index (χ2v) is 5.39. The Morgan fingerprint density at radius 2 is 2.00 bits per heavy atom. The van der Waals surface area contributed by atoms with Gasteiger partial charge in [0.15, 0.2) is 0 Å². The average Bonchev–Trinajstić information content (AvgIpc) is 2.77. The van der Waals surface area contributed by atoms with Crippen LogP contribution in [-0.2, 0) is 0 Å². The van der Waals surface area contributed by atoms with Gasteiger partial charge in [0, 0.05) is 16.3 Å². The predicted molar refractivity (Wildman–Crippen MR) is 73.2 cm³/mol. The van der Waals surface area contributed by atoms with Crippen LogP contribution in [0, 0.1) is 13.8 Å². The third kappa shape index (κ3) is 2.57. The summed E-state index contributed by atoms with van der Waals surface area (Å²) in [6.45, 7) is 4.47. The van der Waals surface area contributed by atoms with Crippen molar-refractivity contribution in [2.45, 2.75) is 20.0 Å². The molecule has 2 aromatic rings. The lowest BCUT2D eigenvalue weighted by atomic mass is 10.0. The maximum absolute atomic E-state index is 9.69. The van der Waals surface area contributed by atoms with Gasteiger partial charge >= 0.3 is 0 Å². The molecule has 0 fully saturated rings. The van der Waals surface area contributed by atoms with E-state index < -0.39 is 6.10 Å². The summed E-state index contributed by atoms with van der Waals surface area (Å²) < 4.78 is 0. The van der Waals surface area contributed by atoms with Gasteiger partial charge in [-0.1, -0.05) is 23.8 Å². The first-order valence-electron chi connectivity index (χ1n) is 5.67. The Morgan fingerprint density at radius 1 is 1.24 bits per heavy atom. The molecule has 3 N–H and O–H groups in total. The van der Waals surface area contributed by atoms with E-state index in [0.29, 0.717) is 0 Å². The van der Waals surface area contributed by atoms with Crippen LogP contribution in [0.15, 0.2) is 30.3 Å². The summed E-state index contributed by atoms with van der Waals surface area (Å²) in [6, 6.07) is 10.4. The summed E-state index contributed by atoms with van der Waals surface area (Å²) in [5.74, 6) is 0. The van der Waals surface area contributed by atoms with E-state index in [1.807, 2.05) is 6.07 Å². The number of hydrogen-bond donors (Lipinski definition) is 2. The van der Waals surface area contributed by atoms with Gasteiger partial charge in [0.05, 0.1) is 0 Å². The second kappa shape index (κ2) is 5.00. The standard InChI is InChI=1S/C14H17NOS/c1-9-3-4-11(10(2)7-9)13-5-6-14(17-13)12(16)8-15/h3-7,12,16H,8,15H2,1-2H3. The van der Waals surface area contributed by atoms with E-state index in [0.717, 1.165) is 4.88 Å². The van der Waals surface area contributed by atoms with Crippen LogP contribution in [0.4, 0.5) is 0 Å². The first kappa shape index (κ1) is 12.3. The van der Waals surface area contributed by atoms with Gasteiger partial charge in [0.2, 0.25) is 0 Å². The quantitative estimate of drug-likeness (QED) is 0.875. The molecule has 0 saturated heterocycles. The van der Waals surface area contributed by atoms with Crippen molar-refractivity contribution in [3.63, 3.8) is 0 Å². The minimum Gasteiger partial charge on any atom is -0.386 e. The Morgan fingerprint density at radius 3 is 2.65 bits per heavy atom. The molecule has 2 rings (SSSR count). The number of aryl methyl sites for hydroxylation is 2. The van der Waals surface area contributed by atoms with Crippen LogP contribution < -0.4 is 5.73 Å². The average molecular weight is 247 g/mol. The van der Waals surface area contributed by atoms with Gasteiger partial charge in [0.25, 0.3) is 0 Å². The lowest BCUT2D eigenvalue weighted by Crippen LogP contribution is -2.09. The van der Waals surface area contributed by atoms with Crippen LogP contribution in [0.3, 0.4) is 0 Å². The first-order valence-corrected chi connectivity index (χ1v) is 6.49. The molecule has 0 aliphatic carbocycles. The van der Waals surface area contributed by atoms with Gasteiger partial charge in [-0.15, -0.1) is 11.3 Å². The number of rotatable bonds is 3. The van der Waals surface area contributed by atoms with E-state index >= 15 is 0 Å². The van der Waals surface area contributed by atoms with Gasteiger partial charge in [-0.2, -0.15) is 0 Å². The first-order chi connectivity index (χ1) is 8.11. The summed E-state index contributed by atoms with van der Waals surface area (Å²) in [7, 11) is 0. The molecule has 0 bridgehead atoms. The fraction of sp³-hybridized carbons (Fsp3) is 0.286. The SMILES string of the molecule is Cc1ccc(-c2ccc(C(O)CN)s2)c(C)c1. The fourth-order valence-electron chi connectivity index (χ4n) is 1.88. The minimum absolute atomic E-state index is 0.271. The molecule has 0 aliphatic heterocycles. The third-order valence-corrected chi connectivity index (χ3v) is 4.05. The summed E-state index contributed by atoms with van der Waals surface area (Å²) >= 11 is 1.61. The van der Waals surface area contributed by atoms with Crippen molar-refractivity contribution in [3.05, 3.63) is 46.3 Å². The molecule has 0 spiro atoms. The molecule has 1 aromatic heterocycles. The molecule has 0 saturated carbocycles. The van der Waals surface area contributed by atoms with Crippen molar-refractivity contribution in [1.29, 1.82) is 0 Å². The Balaban J connectivity index is 2.37. The van der Waals surface area contributed by atoms with Crippen molar-refractivity contribution in [1.82, 2.24) is 0 Å². The molecular weight excluding hydrogens is 230 g/mol. The Labute approximate surface area is 106 Å². The smallest absolute Gasteiger partial charge is 0.100 e. The minimum atomic E-state index is -0.542. The topological polar surface area (TPSA) is 46.2 Å². The van der Waals surface area contributed by atoms with Crippen molar-refractivity contribution in [2.75, 3.05) is 6.54 Å². The number of nitrogens with two attached hydrogens (primary N) is 1. The largest absolute Gasteiger partial charge is 0.386 e. The maximum atomic E-state index is 9.69. The summed E-state index contributed by atoms with van der Waals surface area (Å²) in [5.41, 5.74) is 9.22. The highest BCUT2D eigenvalue weighted by molar-refractivity contribution is 7.15. The van der Waals surface area contributed by atoms with Gasteiger partial charge in [-0.05, 0) is 37.1 Å². The maximum Gasteiger partial charge on any atom is 0.100 e. The zero-order valence-corrected chi connectivity index (χ0v) is 10.9. The number of hydrogen-bond acceptors (Lipinski definition) is 3. The second-order valence-electron chi connectivity index (χ2n) is 4.27. The van der Waals surface area contributed by atoms with E-state index in [9.17, 15) is 5.11 Å². The van der Waals surface area contributed by atoms with Crippen LogP contribution in [0.1, 0.15) is 22.1 Å². The Kier molecular flexibility index (Phi) is 3.62. The van der Waals surface area contributed by atoms with Crippen molar-refractivity contribution >= 4 is 11.3 Å². The Hall–Kier alpha value is -1.16. The highest BCUT2D eigenvalue weighted by atomic mass is 32.1. The molecule has 2 nitrogen and oxygen atoms in total. The molecule has 90 valence electrons. The number of benzene rings is 1. The molecule has 1 atom stereocenters. The van der Waals surface area contributed by atoms with Gasteiger partial charge in [-0.25, -0.2) is 0 Å². The van der Waals surface area contributed by atoms with Gasteiger partial charge in [-0.3, -0.25) is 0 Å². The van der Waals surface area contributed by atoms with Crippen LogP contribution in [-0.4, -0.2) is 11.7 Å². The van der Waals surface area contributed by atoms with E-state index in [2.05, 4.69) is 38.1 Å². The molecule has 1 heterocycles. The molecule has 1 aromatic carbocycles. The van der Waals surface area contributed by atoms with Gasteiger partial charge < -0.3 is 10.8 Å². The summed E-state index contributed by atoms with van der Waals surface area (Å²) in [6.07, 6.45) is -0.542. The highest BCUT2D eigenvalue weighted by Gasteiger charge is 2.10. The highest BCUT2D eigenvalue weighted by Crippen LogP contribution is 2.33. The molecule has 0 amide bonds. The molecule has 1 unspecified atom stereocenters. The molecule has 0 radical (unpaired) electrons. The lowest BCUT2D eigenvalue weighted by molar-refractivity contribution is 0.190. The molecule has 17 heavy (non-hydrogen) atoms. The van der Waals surface area contributed by atoms with E-state index in [1.54, 1.807) is 11.3 Å². The van der Waals surface area contributed by atoms with Crippen LogP contribution in [0.2, 0.25) is 0 Å². The lowest BCUT2D eigenvalue weighted by Gasteiger charge is -2.05. The number of aliphatic hydroxyl groups excluding tert-OH is 1. The van der Waals surface area contributed by atoms with E-state index in [4.69, 9.17) is 5.73 Å². The van der Waals surface area contributed by atoms with E-state index in [-0.39, 0.29) is 6.54 Å². The van der Waals surface area contributed by atoms with E-state index in [1.165, 1.54) is 21.6 Å². The normalized spacial score (nSPS) is 12.7. The number of thiophene rings is 1. The zero-order chi connectivity index (χ0) is 12.4. The molecule has 0 aliphatic rings. The van der Waals surface area contributed by atoms with Crippen LogP contribution in [0.25, 0.3) is 10.4 Å². The monoisotopic (exact) mass is 247 g/mol. The van der Waals surface area contributed by atoms with Crippen molar-refractivity contribution in [2.24, 2.45) is 5.73 Å². The van der Waals surface area contributed by atoms with Gasteiger partial charge in [0.1, 0.15) is 6.10 Å². The summed E-state index contributed by atoms with van der Waals surface area (Å²) in [4.78, 5) is 2.12. The van der Waals surface area contributed by atoms with Crippen molar-refractivity contribution in [3.8, 4) is 10.4 Å². The number of aliphatic hydroxyl groups is 1. The summed E-state index contributed by atoms with van der Waals surface area (Å²) in [5, 5.41) is 9.69. The fourth-order valence-corrected chi connectivity index (χ4v) is 2.98.